The molecule has 0 aromatic heterocycles. The maximum atomic E-state index is 12.7. The van der Waals surface area contributed by atoms with Crippen molar-refractivity contribution >= 4 is 34.8 Å². The Labute approximate surface area is 172 Å². The molecule has 0 fully saturated rings. The van der Waals surface area contributed by atoms with Gasteiger partial charge in [-0.15, -0.1) is 0 Å². The number of rotatable bonds is 7. The van der Waals surface area contributed by atoms with Gasteiger partial charge in [-0.05, 0) is 29.7 Å². The number of benzene rings is 2. The Morgan fingerprint density at radius 3 is 2.38 bits per heavy atom. The molecule has 0 aliphatic carbocycles. The van der Waals surface area contributed by atoms with Gasteiger partial charge in [-0.1, -0.05) is 37.6 Å². The summed E-state index contributed by atoms with van der Waals surface area (Å²) in [6.07, 6.45) is 0.273. The molecule has 2 aromatic carbocycles. The van der Waals surface area contributed by atoms with E-state index >= 15 is 0 Å². The summed E-state index contributed by atoms with van der Waals surface area (Å²) < 4.78 is 0. The van der Waals surface area contributed by atoms with E-state index in [1.54, 1.807) is 38.1 Å². The van der Waals surface area contributed by atoms with Gasteiger partial charge in [-0.25, -0.2) is 0 Å². The number of nitrogens with one attached hydrogen (secondary N) is 2. The van der Waals surface area contributed by atoms with Crippen molar-refractivity contribution in [3.8, 4) is 6.07 Å². The Balaban J connectivity index is 2.12. The first kappa shape index (κ1) is 21.9. The largest absolute Gasteiger partial charge is 0.340 e. The van der Waals surface area contributed by atoms with Crippen LogP contribution in [0.2, 0.25) is 5.02 Å². The number of nitrogens with zero attached hydrogens (tertiary/aromatic N) is 2. The second-order valence-electron chi connectivity index (χ2n) is 6.64. The van der Waals surface area contributed by atoms with Gasteiger partial charge < -0.3 is 10.6 Å². The van der Waals surface area contributed by atoms with Crippen molar-refractivity contribution in [2.45, 2.75) is 26.3 Å². The van der Waals surface area contributed by atoms with Gasteiger partial charge >= 0.3 is 0 Å². The van der Waals surface area contributed by atoms with Gasteiger partial charge in [-0.2, -0.15) is 5.26 Å². The summed E-state index contributed by atoms with van der Waals surface area (Å²) in [4.78, 5) is 35.4. The van der Waals surface area contributed by atoms with Gasteiger partial charge in [-0.3, -0.25) is 19.7 Å². The zero-order valence-corrected chi connectivity index (χ0v) is 16.6. The first-order chi connectivity index (χ1) is 13.7. The summed E-state index contributed by atoms with van der Waals surface area (Å²) in [6, 6.07) is 11.5. The van der Waals surface area contributed by atoms with Gasteiger partial charge in [0.2, 0.25) is 5.91 Å². The number of nitro groups is 1. The highest BCUT2D eigenvalue weighted by atomic mass is 35.5. The van der Waals surface area contributed by atoms with Crippen molar-refractivity contribution in [3.05, 3.63) is 68.7 Å². The van der Waals surface area contributed by atoms with E-state index in [9.17, 15) is 19.7 Å². The van der Waals surface area contributed by atoms with E-state index in [4.69, 9.17) is 16.9 Å². The number of non-ortho nitro benzene ring substituents is 1. The van der Waals surface area contributed by atoms with Crippen LogP contribution in [-0.4, -0.2) is 22.8 Å². The van der Waals surface area contributed by atoms with Crippen LogP contribution in [0.1, 0.15) is 29.8 Å². The molecule has 0 saturated heterocycles. The lowest BCUT2D eigenvalue weighted by atomic mass is 10.0. The number of amides is 2. The lowest BCUT2D eigenvalue weighted by Gasteiger charge is -2.22. The fourth-order valence-corrected chi connectivity index (χ4v) is 2.83. The monoisotopic (exact) mass is 414 g/mol. The molecule has 0 bridgehead atoms. The van der Waals surface area contributed by atoms with Gasteiger partial charge in [0.15, 0.2) is 0 Å². The number of nitro benzene ring substituents is 1. The minimum Gasteiger partial charge on any atom is -0.340 e. The fraction of sp³-hybridized carbons (Fsp3) is 0.250. The Kier molecular flexibility index (Phi) is 7.28. The third-order valence-electron chi connectivity index (χ3n) is 4.15. The van der Waals surface area contributed by atoms with Crippen LogP contribution in [0.25, 0.3) is 0 Å². The Hall–Kier alpha value is -3.44. The minimum atomic E-state index is -0.854. The molecule has 1 unspecified atom stereocenters. The molecule has 0 aliphatic rings. The zero-order chi connectivity index (χ0) is 21.6. The van der Waals surface area contributed by atoms with E-state index in [1.165, 1.54) is 12.1 Å². The second-order valence-corrected chi connectivity index (χ2v) is 7.04. The van der Waals surface area contributed by atoms with Crippen molar-refractivity contribution in [1.29, 1.82) is 5.26 Å². The van der Waals surface area contributed by atoms with E-state index in [0.717, 1.165) is 11.6 Å². The lowest BCUT2D eigenvalue weighted by Crippen LogP contribution is -2.47. The van der Waals surface area contributed by atoms with E-state index < -0.39 is 22.8 Å². The molecule has 0 saturated carbocycles. The number of carbonyl (C=O) groups is 2. The fourth-order valence-electron chi connectivity index (χ4n) is 2.57. The number of anilines is 1. The first-order valence-electron chi connectivity index (χ1n) is 8.74. The maximum absolute atomic E-state index is 12.7. The predicted octanol–water partition coefficient (Wildman–Crippen LogP) is 3.71. The molecular formula is C20H19ClN4O4. The molecule has 2 aromatic rings. The molecule has 1 atom stereocenters. The number of halogens is 1. The van der Waals surface area contributed by atoms with Crippen LogP contribution in [0.15, 0.2) is 42.5 Å². The molecule has 0 spiro atoms. The zero-order valence-electron chi connectivity index (χ0n) is 15.8. The highest BCUT2D eigenvalue weighted by molar-refractivity contribution is 6.34. The first-order valence-corrected chi connectivity index (χ1v) is 9.12. The second kappa shape index (κ2) is 9.66. The standard InChI is InChI=1S/C20H19ClN4O4/c1-12(2)18(20(27)23-14-5-3-13(4-6-14)9-10-22)24-19(26)16-8-7-15(25(28)29)11-17(16)21/h3-8,11-12,18H,9H2,1-2H3,(H,23,27)(H,24,26). The summed E-state index contributed by atoms with van der Waals surface area (Å²) in [6.45, 7) is 3.55. The summed E-state index contributed by atoms with van der Waals surface area (Å²) in [5, 5.41) is 24.8. The third kappa shape index (κ3) is 5.77. The highest BCUT2D eigenvalue weighted by Gasteiger charge is 2.26. The SMILES string of the molecule is CC(C)C(NC(=O)c1ccc([N+](=O)[O-])cc1Cl)C(=O)Nc1ccc(CC#N)cc1. The molecule has 0 heterocycles. The van der Waals surface area contributed by atoms with Crippen molar-refractivity contribution in [3.63, 3.8) is 0 Å². The molecule has 2 rings (SSSR count). The summed E-state index contributed by atoms with van der Waals surface area (Å²) in [5.74, 6) is -1.25. The maximum Gasteiger partial charge on any atom is 0.270 e. The Morgan fingerprint density at radius 1 is 1.21 bits per heavy atom. The molecule has 2 N–H and O–H groups in total. The normalized spacial score (nSPS) is 11.4. The molecule has 8 nitrogen and oxygen atoms in total. The molecule has 9 heteroatoms. The molecule has 150 valence electrons. The van der Waals surface area contributed by atoms with Crippen molar-refractivity contribution in [1.82, 2.24) is 5.32 Å². The van der Waals surface area contributed by atoms with Gasteiger partial charge in [0.1, 0.15) is 6.04 Å². The Morgan fingerprint density at radius 2 is 1.86 bits per heavy atom. The smallest absolute Gasteiger partial charge is 0.270 e. The minimum absolute atomic E-state index is 0.0385. The average molecular weight is 415 g/mol. The molecular weight excluding hydrogens is 396 g/mol. The van der Waals surface area contributed by atoms with Crippen LogP contribution in [0, 0.1) is 27.4 Å². The van der Waals surface area contributed by atoms with Crippen LogP contribution in [-0.2, 0) is 11.2 Å². The molecule has 0 radical (unpaired) electrons. The summed E-state index contributed by atoms with van der Waals surface area (Å²) in [5.41, 5.74) is 1.16. The van der Waals surface area contributed by atoms with Gasteiger partial charge in [0.05, 0.1) is 28.0 Å². The highest BCUT2D eigenvalue weighted by Crippen LogP contribution is 2.23. The van der Waals surface area contributed by atoms with E-state index in [0.29, 0.717) is 5.69 Å². The van der Waals surface area contributed by atoms with Crippen molar-refractivity contribution < 1.29 is 14.5 Å². The summed E-state index contributed by atoms with van der Waals surface area (Å²) >= 11 is 5.99. The van der Waals surface area contributed by atoms with Crippen molar-refractivity contribution in [2.75, 3.05) is 5.32 Å². The number of carbonyl (C=O) groups excluding carboxylic acids is 2. The molecule has 0 aliphatic heterocycles. The topological polar surface area (TPSA) is 125 Å². The average Bonchev–Trinajstić information content (AvgIpc) is 2.67. The Bertz CT molecular complexity index is 967. The quantitative estimate of drug-likeness (QED) is 0.527. The number of hydrogen-bond donors (Lipinski definition) is 2. The molecule has 2 amide bonds. The van der Waals surface area contributed by atoms with Crippen LogP contribution in [0.3, 0.4) is 0 Å². The van der Waals surface area contributed by atoms with Gasteiger partial charge in [0, 0.05) is 17.8 Å². The van der Waals surface area contributed by atoms with E-state index in [2.05, 4.69) is 10.6 Å². The van der Waals surface area contributed by atoms with Crippen LogP contribution in [0.5, 0.6) is 0 Å². The number of nitriles is 1. The molecule has 29 heavy (non-hydrogen) atoms. The summed E-state index contributed by atoms with van der Waals surface area (Å²) in [7, 11) is 0. The van der Waals surface area contributed by atoms with E-state index in [1.807, 2.05) is 6.07 Å². The van der Waals surface area contributed by atoms with Crippen LogP contribution in [0.4, 0.5) is 11.4 Å². The lowest BCUT2D eigenvalue weighted by molar-refractivity contribution is -0.384. The van der Waals surface area contributed by atoms with Crippen LogP contribution >= 0.6 is 11.6 Å². The third-order valence-corrected chi connectivity index (χ3v) is 4.46. The number of hydrogen-bond acceptors (Lipinski definition) is 5. The van der Waals surface area contributed by atoms with Gasteiger partial charge in [0.25, 0.3) is 11.6 Å². The van der Waals surface area contributed by atoms with Crippen LogP contribution < -0.4 is 10.6 Å². The van der Waals surface area contributed by atoms with E-state index in [-0.39, 0.29) is 28.6 Å². The van der Waals surface area contributed by atoms with Crippen molar-refractivity contribution in [2.24, 2.45) is 5.92 Å². The predicted molar refractivity (Wildman–Crippen MR) is 109 cm³/mol.